The second-order valence-electron chi connectivity index (χ2n) is 6.45. The number of carbonyl (C=O) groups excluding carboxylic acids is 1. The summed E-state index contributed by atoms with van der Waals surface area (Å²) < 4.78 is 13.0. The number of benzene rings is 2. The van der Waals surface area contributed by atoms with Gasteiger partial charge in [-0.2, -0.15) is 4.68 Å². The minimum Gasteiger partial charge on any atom is -0.493 e. The minimum atomic E-state index is -0.485. The zero-order valence-corrected chi connectivity index (χ0v) is 17.3. The number of nitrogens with one attached hydrogen (secondary N) is 1. The number of rotatable bonds is 6. The van der Waals surface area contributed by atoms with Gasteiger partial charge in [0.05, 0.1) is 19.9 Å². The van der Waals surface area contributed by atoms with Crippen molar-refractivity contribution in [1.29, 1.82) is 0 Å². The molecule has 2 aromatic heterocycles. The first-order valence-corrected chi connectivity index (χ1v) is 9.46. The van der Waals surface area contributed by atoms with Crippen LogP contribution in [-0.4, -0.2) is 44.7 Å². The smallest absolute Gasteiger partial charge is 0.284 e. The molecule has 158 valence electrons. The van der Waals surface area contributed by atoms with E-state index in [9.17, 15) is 9.59 Å². The molecule has 0 radical (unpaired) electrons. The highest BCUT2D eigenvalue weighted by Gasteiger charge is 2.15. The van der Waals surface area contributed by atoms with Crippen molar-refractivity contribution in [2.45, 2.75) is 6.54 Å². The Morgan fingerprint density at radius 3 is 2.68 bits per heavy atom. The van der Waals surface area contributed by atoms with Crippen molar-refractivity contribution >= 4 is 34.4 Å². The molecule has 0 bridgehead atoms. The van der Waals surface area contributed by atoms with Crippen LogP contribution in [0.5, 0.6) is 11.5 Å². The molecule has 4 rings (SSSR count). The summed E-state index contributed by atoms with van der Waals surface area (Å²) in [5.41, 5.74) is 0.938. The molecule has 0 fully saturated rings. The van der Waals surface area contributed by atoms with Gasteiger partial charge in [0.25, 0.3) is 5.56 Å². The molecule has 2 aromatic carbocycles. The van der Waals surface area contributed by atoms with Crippen LogP contribution in [0.25, 0.3) is 16.9 Å². The fourth-order valence-corrected chi connectivity index (χ4v) is 3.19. The van der Waals surface area contributed by atoms with Gasteiger partial charge in [-0.3, -0.25) is 14.2 Å². The number of anilines is 1. The van der Waals surface area contributed by atoms with Crippen molar-refractivity contribution < 1.29 is 14.3 Å². The first-order chi connectivity index (χ1) is 15.0. The SMILES string of the molecule is COc1ccc(NC(=O)Cn2cnc3c(nnn3-c3cccc(Cl)c3)c2=O)cc1OC. The van der Waals surface area contributed by atoms with E-state index >= 15 is 0 Å². The quantitative estimate of drug-likeness (QED) is 0.489. The molecule has 10 nitrogen and oxygen atoms in total. The maximum Gasteiger partial charge on any atom is 0.284 e. The highest BCUT2D eigenvalue weighted by atomic mass is 35.5. The van der Waals surface area contributed by atoms with E-state index < -0.39 is 11.5 Å². The summed E-state index contributed by atoms with van der Waals surface area (Å²) in [6.07, 6.45) is 1.28. The number of carbonyl (C=O) groups is 1. The zero-order chi connectivity index (χ0) is 22.0. The van der Waals surface area contributed by atoms with Crippen LogP contribution >= 0.6 is 11.6 Å². The lowest BCUT2D eigenvalue weighted by molar-refractivity contribution is -0.116. The molecule has 0 spiro atoms. The van der Waals surface area contributed by atoms with E-state index in [1.54, 1.807) is 42.5 Å². The van der Waals surface area contributed by atoms with Crippen molar-refractivity contribution in [2.24, 2.45) is 0 Å². The van der Waals surface area contributed by atoms with Crippen molar-refractivity contribution in [2.75, 3.05) is 19.5 Å². The molecule has 2 heterocycles. The molecular formula is C20H17ClN6O4. The minimum absolute atomic E-state index is 0.0430. The second-order valence-corrected chi connectivity index (χ2v) is 6.89. The lowest BCUT2D eigenvalue weighted by Crippen LogP contribution is -2.28. The highest BCUT2D eigenvalue weighted by molar-refractivity contribution is 6.30. The molecule has 11 heteroatoms. The van der Waals surface area contributed by atoms with E-state index in [4.69, 9.17) is 21.1 Å². The fraction of sp³-hybridized carbons (Fsp3) is 0.150. The largest absolute Gasteiger partial charge is 0.493 e. The predicted molar refractivity (Wildman–Crippen MR) is 114 cm³/mol. The Morgan fingerprint density at radius 2 is 1.94 bits per heavy atom. The van der Waals surface area contributed by atoms with Gasteiger partial charge in [0.1, 0.15) is 12.9 Å². The van der Waals surface area contributed by atoms with Crippen molar-refractivity contribution in [1.82, 2.24) is 24.5 Å². The van der Waals surface area contributed by atoms with Gasteiger partial charge in [-0.05, 0) is 30.3 Å². The molecule has 0 unspecified atom stereocenters. The Kier molecular flexibility index (Phi) is 5.54. The molecule has 4 aromatic rings. The molecule has 0 aliphatic heterocycles. The summed E-state index contributed by atoms with van der Waals surface area (Å²) >= 11 is 6.02. The average molecular weight is 441 g/mol. The molecule has 31 heavy (non-hydrogen) atoms. The van der Waals surface area contributed by atoms with Crippen LogP contribution in [0.15, 0.2) is 53.6 Å². The second kappa shape index (κ2) is 8.44. The lowest BCUT2D eigenvalue weighted by Gasteiger charge is -2.11. The number of aromatic nitrogens is 5. The van der Waals surface area contributed by atoms with Gasteiger partial charge in [-0.1, -0.05) is 22.9 Å². The molecular weight excluding hydrogens is 424 g/mol. The number of amides is 1. The number of hydrogen-bond donors (Lipinski definition) is 1. The third-order valence-corrected chi connectivity index (χ3v) is 4.70. The van der Waals surface area contributed by atoms with Crippen molar-refractivity contribution in [3.8, 4) is 17.2 Å². The normalized spacial score (nSPS) is 10.8. The van der Waals surface area contributed by atoms with Gasteiger partial charge in [-0.25, -0.2) is 4.98 Å². The van der Waals surface area contributed by atoms with Gasteiger partial charge >= 0.3 is 0 Å². The van der Waals surface area contributed by atoms with E-state index in [1.165, 1.54) is 25.2 Å². The molecule has 0 saturated heterocycles. The predicted octanol–water partition coefficient (Wildman–Crippen LogP) is 2.29. The summed E-state index contributed by atoms with van der Waals surface area (Å²) in [6.45, 7) is -0.250. The van der Waals surface area contributed by atoms with Crippen molar-refractivity contribution in [3.05, 3.63) is 64.2 Å². The van der Waals surface area contributed by atoms with Crippen LogP contribution < -0.4 is 20.3 Å². The van der Waals surface area contributed by atoms with Crippen LogP contribution in [0.2, 0.25) is 5.02 Å². The fourth-order valence-electron chi connectivity index (χ4n) is 3.01. The van der Waals surface area contributed by atoms with Gasteiger partial charge in [-0.15, -0.1) is 5.10 Å². The summed E-state index contributed by atoms with van der Waals surface area (Å²) in [7, 11) is 3.02. The first kappa shape index (κ1) is 20.4. The van der Waals surface area contributed by atoms with E-state index in [1.807, 2.05) is 0 Å². The summed E-state index contributed by atoms with van der Waals surface area (Å²) in [6, 6.07) is 11.9. The molecule has 1 amide bonds. The van der Waals surface area contributed by atoms with Gasteiger partial charge in [0.2, 0.25) is 5.91 Å². The number of ether oxygens (including phenoxy) is 2. The Labute approximate surface area is 181 Å². The van der Waals surface area contributed by atoms with Crippen molar-refractivity contribution in [3.63, 3.8) is 0 Å². The molecule has 0 atom stereocenters. The number of fused-ring (bicyclic) bond motifs is 1. The van der Waals surface area contributed by atoms with Gasteiger partial charge in [0.15, 0.2) is 22.7 Å². The third-order valence-electron chi connectivity index (χ3n) is 4.46. The number of nitrogens with zero attached hydrogens (tertiary/aromatic N) is 5. The van der Waals surface area contributed by atoms with E-state index in [0.717, 1.165) is 4.57 Å². The molecule has 0 aliphatic rings. The average Bonchev–Trinajstić information content (AvgIpc) is 3.20. The Morgan fingerprint density at radius 1 is 1.13 bits per heavy atom. The standard InChI is InChI=1S/C20H17ClN6O4/c1-30-15-7-6-13(9-16(15)31-2)23-17(28)10-26-11-22-19-18(20(26)29)24-25-27(19)14-5-3-4-12(21)8-14/h3-9,11H,10H2,1-2H3,(H,23,28). The Balaban J connectivity index is 1.57. The third kappa shape index (κ3) is 4.05. The maximum absolute atomic E-state index is 12.8. The summed E-state index contributed by atoms with van der Waals surface area (Å²) in [5, 5.41) is 11.2. The van der Waals surface area contributed by atoms with Crippen LogP contribution in [0.4, 0.5) is 5.69 Å². The first-order valence-electron chi connectivity index (χ1n) is 9.09. The van der Waals surface area contributed by atoms with E-state index in [2.05, 4.69) is 20.6 Å². The molecule has 0 aliphatic carbocycles. The Bertz CT molecular complexity index is 1330. The number of methoxy groups -OCH3 is 2. The maximum atomic E-state index is 12.8. The zero-order valence-electron chi connectivity index (χ0n) is 16.6. The number of halogens is 1. The van der Waals surface area contributed by atoms with E-state index in [-0.39, 0.29) is 17.7 Å². The summed E-state index contributed by atoms with van der Waals surface area (Å²) in [5.74, 6) is 0.588. The topological polar surface area (TPSA) is 113 Å². The molecule has 1 N–H and O–H groups in total. The summed E-state index contributed by atoms with van der Waals surface area (Å²) in [4.78, 5) is 29.5. The van der Waals surface area contributed by atoms with Crippen LogP contribution in [0.3, 0.4) is 0 Å². The number of hydrogen-bond acceptors (Lipinski definition) is 7. The Hall–Kier alpha value is -3.92. The van der Waals surface area contributed by atoms with Crippen LogP contribution in [0.1, 0.15) is 0 Å². The highest BCUT2D eigenvalue weighted by Crippen LogP contribution is 2.29. The van der Waals surface area contributed by atoms with E-state index in [0.29, 0.717) is 27.9 Å². The van der Waals surface area contributed by atoms with Gasteiger partial charge in [0, 0.05) is 16.8 Å². The van der Waals surface area contributed by atoms with Crippen LogP contribution in [0, 0.1) is 0 Å². The lowest BCUT2D eigenvalue weighted by atomic mass is 10.2. The molecule has 0 saturated carbocycles. The van der Waals surface area contributed by atoms with Crippen LogP contribution in [-0.2, 0) is 11.3 Å². The monoisotopic (exact) mass is 440 g/mol. The van der Waals surface area contributed by atoms with Gasteiger partial charge < -0.3 is 14.8 Å².